The molecule has 0 bridgehead atoms. The van der Waals surface area contributed by atoms with Gasteiger partial charge in [0.2, 0.25) is 5.91 Å². The monoisotopic (exact) mass is 316 g/mol. The maximum Gasteiger partial charge on any atom is 0.233 e. The maximum atomic E-state index is 11.3. The highest BCUT2D eigenvalue weighted by Gasteiger charge is 2.05. The van der Waals surface area contributed by atoms with Gasteiger partial charge in [-0.15, -0.1) is 12.4 Å². The minimum absolute atomic E-state index is 0. The molecule has 0 atom stereocenters. The Labute approximate surface area is 132 Å². The third-order valence-electron chi connectivity index (χ3n) is 2.83. The van der Waals surface area contributed by atoms with E-state index in [0.717, 1.165) is 24.3 Å². The number of halogens is 1. The molecule has 0 saturated carbocycles. The maximum absolute atomic E-state index is 11.3. The second-order valence-corrected chi connectivity index (χ2v) is 4.40. The average molecular weight is 317 g/mol. The van der Waals surface area contributed by atoms with E-state index in [1.165, 1.54) is 5.56 Å². The molecule has 0 aliphatic heterocycles. The molecule has 1 aromatic carbocycles. The van der Waals surface area contributed by atoms with Crippen molar-refractivity contribution in [3.8, 4) is 11.5 Å². The summed E-state index contributed by atoms with van der Waals surface area (Å²) in [6.45, 7) is 3.59. The lowest BCUT2D eigenvalue weighted by molar-refractivity contribution is -0.120. The van der Waals surface area contributed by atoms with Gasteiger partial charge in [0.15, 0.2) is 11.5 Å². The van der Waals surface area contributed by atoms with E-state index in [0.29, 0.717) is 19.7 Å². The summed E-state index contributed by atoms with van der Waals surface area (Å²) in [5, 5.41) is 5.68. The Bertz CT molecular complexity index is 427. The first-order valence-electron chi connectivity index (χ1n) is 6.92. The van der Waals surface area contributed by atoms with E-state index in [2.05, 4.69) is 10.6 Å². The molecule has 6 heteroatoms. The Morgan fingerprint density at radius 2 is 2.05 bits per heavy atom. The lowest BCUT2D eigenvalue weighted by atomic mass is 10.1. The van der Waals surface area contributed by atoms with Crippen LogP contribution in [0.25, 0.3) is 0 Å². The molecule has 0 fully saturated rings. The van der Waals surface area contributed by atoms with Crippen LogP contribution in [0.5, 0.6) is 11.5 Å². The number of ether oxygens (including phenoxy) is 2. The van der Waals surface area contributed by atoms with Gasteiger partial charge in [0.1, 0.15) is 0 Å². The van der Waals surface area contributed by atoms with Crippen LogP contribution in [0.3, 0.4) is 0 Å². The molecular formula is C15H25ClN2O3. The molecule has 0 aromatic heterocycles. The number of methoxy groups -OCH3 is 1. The molecule has 0 unspecified atom stereocenters. The van der Waals surface area contributed by atoms with Crippen LogP contribution in [0.1, 0.15) is 18.9 Å². The largest absolute Gasteiger partial charge is 0.493 e. The van der Waals surface area contributed by atoms with Crippen molar-refractivity contribution in [1.82, 2.24) is 10.6 Å². The van der Waals surface area contributed by atoms with Crippen LogP contribution in [0.15, 0.2) is 18.2 Å². The molecule has 2 N–H and O–H groups in total. The fourth-order valence-electron chi connectivity index (χ4n) is 1.89. The molecule has 5 nitrogen and oxygen atoms in total. The number of benzene rings is 1. The van der Waals surface area contributed by atoms with Crippen LogP contribution in [-0.2, 0) is 11.2 Å². The normalized spacial score (nSPS) is 9.67. The van der Waals surface area contributed by atoms with Crippen molar-refractivity contribution in [3.05, 3.63) is 23.8 Å². The van der Waals surface area contributed by atoms with E-state index in [-0.39, 0.29) is 18.3 Å². The number of aryl methyl sites for hydroxylation is 1. The lowest BCUT2D eigenvalue weighted by Gasteiger charge is -2.11. The zero-order chi connectivity index (χ0) is 14.8. The number of hydrogen-bond donors (Lipinski definition) is 2. The number of carbonyl (C=O) groups excluding carboxylic acids is 1. The topological polar surface area (TPSA) is 59.6 Å². The Kier molecular flexibility index (Phi) is 10.4. The molecule has 0 aliphatic rings. The van der Waals surface area contributed by atoms with Crippen molar-refractivity contribution in [2.45, 2.75) is 19.8 Å². The van der Waals surface area contributed by atoms with E-state index < -0.39 is 0 Å². The third kappa shape index (κ3) is 7.20. The average Bonchev–Trinajstić information content (AvgIpc) is 2.44. The van der Waals surface area contributed by atoms with Crippen molar-refractivity contribution in [3.63, 3.8) is 0 Å². The van der Waals surface area contributed by atoms with E-state index in [1.54, 1.807) is 14.2 Å². The highest BCUT2D eigenvalue weighted by molar-refractivity contribution is 5.85. The minimum atomic E-state index is 0. The number of likely N-dealkylation sites (N-methyl/N-ethyl adjacent to an activating group) is 1. The second-order valence-electron chi connectivity index (χ2n) is 4.40. The Balaban J connectivity index is 0.00000400. The summed E-state index contributed by atoms with van der Waals surface area (Å²) in [6.07, 6.45) is 1.79. The first kappa shape index (κ1) is 19.5. The SMILES string of the molecule is CCOc1cc(CCCNC(=O)CNC)ccc1OC.Cl. The van der Waals surface area contributed by atoms with E-state index in [9.17, 15) is 4.79 Å². The van der Waals surface area contributed by atoms with Crippen molar-refractivity contribution in [2.24, 2.45) is 0 Å². The van der Waals surface area contributed by atoms with Crippen molar-refractivity contribution in [1.29, 1.82) is 0 Å². The smallest absolute Gasteiger partial charge is 0.233 e. The van der Waals surface area contributed by atoms with Crippen LogP contribution in [0.2, 0.25) is 0 Å². The van der Waals surface area contributed by atoms with Crippen LogP contribution in [0, 0.1) is 0 Å². The van der Waals surface area contributed by atoms with Gasteiger partial charge in [-0.3, -0.25) is 4.79 Å². The van der Waals surface area contributed by atoms with Crippen molar-refractivity contribution < 1.29 is 14.3 Å². The van der Waals surface area contributed by atoms with Gasteiger partial charge in [0.25, 0.3) is 0 Å². The summed E-state index contributed by atoms with van der Waals surface area (Å²) in [4.78, 5) is 11.3. The van der Waals surface area contributed by atoms with Crippen LogP contribution in [0.4, 0.5) is 0 Å². The van der Waals surface area contributed by atoms with Crippen LogP contribution < -0.4 is 20.1 Å². The molecule has 0 heterocycles. The zero-order valence-electron chi connectivity index (χ0n) is 12.9. The van der Waals surface area contributed by atoms with E-state index in [4.69, 9.17) is 9.47 Å². The Morgan fingerprint density at radius 3 is 2.67 bits per heavy atom. The minimum Gasteiger partial charge on any atom is -0.493 e. The molecule has 0 spiro atoms. The lowest BCUT2D eigenvalue weighted by Crippen LogP contribution is -2.32. The van der Waals surface area contributed by atoms with E-state index >= 15 is 0 Å². The predicted octanol–water partition coefficient (Wildman–Crippen LogP) is 1.78. The molecule has 0 aliphatic carbocycles. The van der Waals surface area contributed by atoms with Gasteiger partial charge in [-0.25, -0.2) is 0 Å². The Hall–Kier alpha value is -1.46. The van der Waals surface area contributed by atoms with E-state index in [1.807, 2.05) is 25.1 Å². The van der Waals surface area contributed by atoms with Crippen molar-refractivity contribution in [2.75, 3.05) is 33.9 Å². The summed E-state index contributed by atoms with van der Waals surface area (Å²) in [6, 6.07) is 5.94. The number of carbonyl (C=O) groups is 1. The zero-order valence-corrected chi connectivity index (χ0v) is 13.7. The number of amides is 1. The summed E-state index contributed by atoms with van der Waals surface area (Å²) in [7, 11) is 3.39. The van der Waals surface area contributed by atoms with Gasteiger partial charge in [0.05, 0.1) is 20.3 Å². The van der Waals surface area contributed by atoms with Gasteiger partial charge in [-0.2, -0.15) is 0 Å². The molecular weight excluding hydrogens is 292 g/mol. The molecule has 120 valence electrons. The predicted molar refractivity (Wildman–Crippen MR) is 86.7 cm³/mol. The Morgan fingerprint density at radius 1 is 1.29 bits per heavy atom. The van der Waals surface area contributed by atoms with Crippen LogP contribution >= 0.6 is 12.4 Å². The number of nitrogens with one attached hydrogen (secondary N) is 2. The first-order chi connectivity index (χ1) is 9.71. The number of rotatable bonds is 9. The summed E-state index contributed by atoms with van der Waals surface area (Å²) >= 11 is 0. The molecule has 1 rings (SSSR count). The van der Waals surface area contributed by atoms with Gasteiger partial charge in [0, 0.05) is 6.54 Å². The van der Waals surface area contributed by atoms with Gasteiger partial charge < -0.3 is 20.1 Å². The van der Waals surface area contributed by atoms with Crippen LogP contribution in [-0.4, -0.2) is 39.8 Å². The molecule has 1 aromatic rings. The highest BCUT2D eigenvalue weighted by atomic mass is 35.5. The van der Waals surface area contributed by atoms with Gasteiger partial charge >= 0.3 is 0 Å². The molecule has 0 radical (unpaired) electrons. The first-order valence-corrected chi connectivity index (χ1v) is 6.92. The molecule has 1 amide bonds. The summed E-state index contributed by atoms with van der Waals surface area (Å²) in [5.74, 6) is 1.54. The standard InChI is InChI=1S/C15H24N2O3.ClH/c1-4-20-14-10-12(7-8-13(14)19-3)6-5-9-17-15(18)11-16-2;/h7-8,10,16H,4-6,9,11H2,1-3H3,(H,17,18);1H. The van der Waals surface area contributed by atoms with Crippen molar-refractivity contribution >= 4 is 18.3 Å². The summed E-state index contributed by atoms with van der Waals surface area (Å²) < 4.78 is 10.8. The molecule has 21 heavy (non-hydrogen) atoms. The van der Waals surface area contributed by atoms with Gasteiger partial charge in [-0.1, -0.05) is 6.07 Å². The quantitative estimate of drug-likeness (QED) is 0.682. The fourth-order valence-corrected chi connectivity index (χ4v) is 1.89. The number of hydrogen-bond acceptors (Lipinski definition) is 4. The van der Waals surface area contributed by atoms with Gasteiger partial charge in [-0.05, 0) is 44.5 Å². The fraction of sp³-hybridized carbons (Fsp3) is 0.533. The molecule has 0 saturated heterocycles. The second kappa shape index (κ2) is 11.2. The highest BCUT2D eigenvalue weighted by Crippen LogP contribution is 2.28. The third-order valence-corrected chi connectivity index (χ3v) is 2.83. The summed E-state index contributed by atoms with van der Waals surface area (Å²) in [5.41, 5.74) is 1.18.